The van der Waals surface area contributed by atoms with Crippen molar-refractivity contribution < 1.29 is 13.2 Å². The van der Waals surface area contributed by atoms with Crippen LogP contribution in [-0.4, -0.2) is 30.3 Å². The Bertz CT molecular complexity index is 577. The summed E-state index contributed by atoms with van der Waals surface area (Å²) in [4.78, 5) is 11.9. The minimum absolute atomic E-state index is 0.0166. The number of nitrogens with zero attached hydrogens (tertiary/aromatic N) is 2. The third-order valence-electron chi connectivity index (χ3n) is 3.80. The van der Waals surface area contributed by atoms with Crippen molar-refractivity contribution in [3.05, 3.63) is 0 Å². The molecule has 0 spiro atoms. The average molecular weight is 331 g/mol. The van der Waals surface area contributed by atoms with Crippen LogP contribution in [-0.2, 0) is 14.6 Å². The zero-order valence-corrected chi connectivity index (χ0v) is 13.8. The Labute approximate surface area is 129 Å². The van der Waals surface area contributed by atoms with Crippen LogP contribution < -0.4 is 5.32 Å². The van der Waals surface area contributed by atoms with E-state index in [-0.39, 0.29) is 21.1 Å². The summed E-state index contributed by atoms with van der Waals surface area (Å²) in [7, 11) is -3.35. The topological polar surface area (TPSA) is 89.0 Å². The summed E-state index contributed by atoms with van der Waals surface area (Å²) in [5, 5.41) is 10.2. The van der Waals surface area contributed by atoms with Gasteiger partial charge < -0.3 is 5.32 Å². The molecule has 1 aromatic heterocycles. The maximum atomic E-state index is 11.9. The molecule has 118 valence electrons. The molecule has 8 heteroatoms. The smallest absolute Gasteiger partial charge is 0.234 e. The van der Waals surface area contributed by atoms with E-state index < -0.39 is 9.84 Å². The molecule has 0 unspecified atom stereocenters. The number of amides is 1. The van der Waals surface area contributed by atoms with E-state index in [9.17, 15) is 13.2 Å². The van der Waals surface area contributed by atoms with Gasteiger partial charge in [0, 0.05) is 6.42 Å². The van der Waals surface area contributed by atoms with Gasteiger partial charge in [0.25, 0.3) is 0 Å². The van der Waals surface area contributed by atoms with Gasteiger partial charge in [0.05, 0.1) is 5.75 Å². The molecule has 1 fully saturated rings. The highest BCUT2D eigenvalue weighted by atomic mass is 32.2. The molecule has 0 saturated heterocycles. The fraction of sp³-hybridized carbons (Fsp3) is 0.769. The van der Waals surface area contributed by atoms with Gasteiger partial charge in [-0.05, 0) is 12.3 Å². The summed E-state index contributed by atoms with van der Waals surface area (Å²) in [5.41, 5.74) is 0. The molecule has 1 amide bonds. The fourth-order valence-electron chi connectivity index (χ4n) is 2.50. The molecule has 0 bridgehead atoms. The predicted molar refractivity (Wildman–Crippen MR) is 82.1 cm³/mol. The zero-order valence-electron chi connectivity index (χ0n) is 12.2. The Morgan fingerprint density at radius 3 is 2.67 bits per heavy atom. The predicted octanol–water partition coefficient (Wildman–Crippen LogP) is 2.63. The van der Waals surface area contributed by atoms with Crippen LogP contribution in [0.1, 0.15) is 51.9 Å². The largest absolute Gasteiger partial charge is 0.301 e. The summed E-state index contributed by atoms with van der Waals surface area (Å²) in [5.74, 6) is 0.518. The molecule has 2 rings (SSSR count). The first kappa shape index (κ1) is 16.4. The molecule has 1 aliphatic rings. The first-order chi connectivity index (χ1) is 10.0. The maximum Gasteiger partial charge on any atom is 0.234 e. The molecule has 0 aromatic carbocycles. The van der Waals surface area contributed by atoms with E-state index in [2.05, 4.69) is 15.5 Å². The lowest BCUT2D eigenvalue weighted by Crippen LogP contribution is -2.14. The fourth-order valence-corrected chi connectivity index (χ4v) is 4.51. The Kier molecular flexibility index (Phi) is 5.69. The molecular weight excluding hydrogens is 310 g/mol. The highest BCUT2D eigenvalue weighted by Crippen LogP contribution is 2.27. The number of carbonyl (C=O) groups excluding carboxylic acids is 1. The number of rotatable bonds is 6. The van der Waals surface area contributed by atoms with E-state index in [1.54, 1.807) is 6.92 Å². The number of hydrogen-bond acceptors (Lipinski definition) is 6. The van der Waals surface area contributed by atoms with Crippen molar-refractivity contribution in [1.82, 2.24) is 10.2 Å². The third-order valence-corrected chi connectivity index (χ3v) is 6.82. The highest BCUT2D eigenvalue weighted by molar-refractivity contribution is 7.93. The molecule has 0 radical (unpaired) electrons. The molecule has 1 N–H and O–H groups in total. The van der Waals surface area contributed by atoms with Crippen LogP contribution >= 0.6 is 11.3 Å². The normalized spacial score (nSPS) is 16.8. The van der Waals surface area contributed by atoms with E-state index in [1.165, 1.54) is 32.1 Å². The maximum absolute atomic E-state index is 11.9. The Hall–Kier alpha value is -1.02. The molecule has 1 saturated carbocycles. The van der Waals surface area contributed by atoms with Crippen molar-refractivity contribution in [3.63, 3.8) is 0 Å². The first-order valence-electron chi connectivity index (χ1n) is 7.37. The second-order valence-corrected chi connectivity index (χ2v) is 8.80. The standard InChI is InChI=1S/C13H21N3O3S2/c1-2-21(18,19)13-16-15-12(20-13)14-11(17)9-8-10-6-4-3-5-7-10/h10H,2-9H2,1H3,(H,14,15,17). The lowest BCUT2D eigenvalue weighted by molar-refractivity contribution is -0.116. The molecule has 1 aliphatic carbocycles. The lowest BCUT2D eigenvalue weighted by atomic mass is 9.86. The number of sulfone groups is 1. The van der Waals surface area contributed by atoms with Crippen LogP contribution in [0.2, 0.25) is 0 Å². The average Bonchev–Trinajstić information content (AvgIpc) is 2.95. The van der Waals surface area contributed by atoms with Crippen molar-refractivity contribution >= 4 is 32.2 Å². The molecule has 21 heavy (non-hydrogen) atoms. The summed E-state index contributed by atoms with van der Waals surface area (Å²) < 4.78 is 23.2. The van der Waals surface area contributed by atoms with Crippen LogP contribution in [0.4, 0.5) is 5.13 Å². The second kappa shape index (κ2) is 7.31. The molecule has 6 nitrogen and oxygen atoms in total. The number of aromatic nitrogens is 2. The Morgan fingerprint density at radius 2 is 2.00 bits per heavy atom. The molecule has 0 atom stereocenters. The minimum atomic E-state index is -3.35. The van der Waals surface area contributed by atoms with Crippen molar-refractivity contribution in [2.24, 2.45) is 5.92 Å². The quantitative estimate of drug-likeness (QED) is 0.809. The summed E-state index contributed by atoms with van der Waals surface area (Å²) in [6.07, 6.45) is 7.62. The summed E-state index contributed by atoms with van der Waals surface area (Å²) in [6, 6.07) is 0. The van der Waals surface area contributed by atoms with E-state index >= 15 is 0 Å². The van der Waals surface area contributed by atoms with Gasteiger partial charge in [-0.2, -0.15) is 0 Å². The molecule has 0 aliphatic heterocycles. The summed E-state index contributed by atoms with van der Waals surface area (Å²) >= 11 is 0.912. The zero-order chi connectivity index (χ0) is 15.3. The van der Waals surface area contributed by atoms with Gasteiger partial charge in [0.15, 0.2) is 0 Å². The van der Waals surface area contributed by atoms with Crippen molar-refractivity contribution in [2.45, 2.75) is 56.2 Å². The van der Waals surface area contributed by atoms with Gasteiger partial charge in [-0.15, -0.1) is 10.2 Å². The number of hydrogen-bond donors (Lipinski definition) is 1. The van der Waals surface area contributed by atoms with Gasteiger partial charge in [-0.1, -0.05) is 50.4 Å². The first-order valence-corrected chi connectivity index (χ1v) is 9.84. The van der Waals surface area contributed by atoms with Gasteiger partial charge in [0.2, 0.25) is 25.2 Å². The molecule has 1 aromatic rings. The number of carbonyl (C=O) groups is 1. The van der Waals surface area contributed by atoms with E-state index in [0.29, 0.717) is 12.3 Å². The van der Waals surface area contributed by atoms with Crippen LogP contribution in [0, 0.1) is 5.92 Å². The van der Waals surface area contributed by atoms with Crippen LogP contribution in [0.15, 0.2) is 4.34 Å². The van der Waals surface area contributed by atoms with Crippen molar-refractivity contribution in [1.29, 1.82) is 0 Å². The Morgan fingerprint density at radius 1 is 1.29 bits per heavy atom. The summed E-state index contributed by atoms with van der Waals surface area (Å²) in [6.45, 7) is 1.55. The van der Waals surface area contributed by atoms with Crippen LogP contribution in [0.3, 0.4) is 0 Å². The van der Waals surface area contributed by atoms with E-state index in [1.807, 2.05) is 0 Å². The van der Waals surface area contributed by atoms with E-state index in [4.69, 9.17) is 0 Å². The SMILES string of the molecule is CCS(=O)(=O)c1nnc(NC(=O)CCC2CCCCC2)s1. The number of anilines is 1. The lowest BCUT2D eigenvalue weighted by Gasteiger charge is -2.20. The van der Waals surface area contributed by atoms with Crippen molar-refractivity contribution in [3.8, 4) is 0 Å². The molecule has 1 heterocycles. The monoisotopic (exact) mass is 331 g/mol. The molecular formula is C13H21N3O3S2. The van der Waals surface area contributed by atoms with Gasteiger partial charge >= 0.3 is 0 Å². The third kappa shape index (κ3) is 4.74. The van der Waals surface area contributed by atoms with E-state index in [0.717, 1.165) is 17.8 Å². The van der Waals surface area contributed by atoms with Crippen LogP contribution in [0.25, 0.3) is 0 Å². The van der Waals surface area contributed by atoms with Gasteiger partial charge in [0.1, 0.15) is 0 Å². The minimum Gasteiger partial charge on any atom is -0.301 e. The van der Waals surface area contributed by atoms with Gasteiger partial charge in [-0.3, -0.25) is 4.79 Å². The highest BCUT2D eigenvalue weighted by Gasteiger charge is 2.19. The van der Waals surface area contributed by atoms with Crippen LogP contribution in [0.5, 0.6) is 0 Å². The second-order valence-electron chi connectivity index (χ2n) is 5.37. The Balaban J connectivity index is 1.82. The number of nitrogens with one attached hydrogen (secondary N) is 1. The van der Waals surface area contributed by atoms with Gasteiger partial charge in [-0.25, -0.2) is 8.42 Å². The van der Waals surface area contributed by atoms with Crippen molar-refractivity contribution in [2.75, 3.05) is 11.1 Å².